The first kappa shape index (κ1) is 15.7. The van der Waals surface area contributed by atoms with Gasteiger partial charge in [0.15, 0.2) is 0 Å². The summed E-state index contributed by atoms with van der Waals surface area (Å²) in [5, 5.41) is 3.09. The van der Waals surface area contributed by atoms with Gasteiger partial charge in [-0.3, -0.25) is 14.0 Å². The lowest BCUT2D eigenvalue weighted by Gasteiger charge is -2.08. The minimum atomic E-state index is -0.936. The summed E-state index contributed by atoms with van der Waals surface area (Å²) in [7, 11) is -0.936. The van der Waals surface area contributed by atoms with Crippen LogP contribution in [0.25, 0.3) is 11.3 Å². The van der Waals surface area contributed by atoms with Crippen LogP contribution in [0, 0.1) is 0 Å². The predicted octanol–water partition coefficient (Wildman–Crippen LogP) is 2.51. The van der Waals surface area contributed by atoms with Gasteiger partial charge in [0.2, 0.25) is 0 Å². The third-order valence-electron chi connectivity index (χ3n) is 2.85. The second-order valence-corrected chi connectivity index (χ2v) is 6.40. The quantitative estimate of drug-likeness (QED) is 0.920. The van der Waals surface area contributed by atoms with Gasteiger partial charge in [-0.05, 0) is 24.3 Å². The summed E-state index contributed by atoms with van der Waals surface area (Å²) in [5.41, 5.74) is 1.99. The van der Waals surface area contributed by atoms with E-state index in [1.807, 2.05) is 24.3 Å². The molecule has 0 saturated heterocycles. The molecule has 0 aliphatic heterocycles. The highest BCUT2D eigenvalue weighted by atomic mass is 35.5. The van der Waals surface area contributed by atoms with Crippen LogP contribution in [0.3, 0.4) is 0 Å². The first-order chi connectivity index (χ1) is 10.1. The van der Waals surface area contributed by atoms with E-state index in [9.17, 15) is 9.00 Å². The Kier molecular flexibility index (Phi) is 5.47. The number of halogens is 1. The van der Waals surface area contributed by atoms with Crippen LogP contribution < -0.4 is 5.32 Å². The molecule has 0 fully saturated rings. The van der Waals surface area contributed by atoms with Crippen molar-refractivity contribution in [1.29, 1.82) is 0 Å². The monoisotopic (exact) mass is 322 g/mol. The van der Waals surface area contributed by atoms with E-state index in [1.165, 1.54) is 0 Å². The fraction of sp³-hybridized carbons (Fsp3) is 0.200. The molecule has 1 N–H and O–H groups in total. The fourth-order valence-electron chi connectivity index (χ4n) is 1.80. The summed E-state index contributed by atoms with van der Waals surface area (Å²) >= 11 is 6.08. The van der Waals surface area contributed by atoms with Gasteiger partial charge in [0.1, 0.15) is 0 Å². The van der Waals surface area contributed by atoms with Crippen LogP contribution in [0.5, 0.6) is 0 Å². The number of nitrogens with one attached hydrogen (secondary N) is 1. The normalized spacial score (nSPS) is 11.9. The average Bonchev–Trinajstić information content (AvgIpc) is 2.48. The molecule has 4 nitrogen and oxygen atoms in total. The molecule has 0 saturated carbocycles. The summed E-state index contributed by atoms with van der Waals surface area (Å²) in [5.74, 6) is 0.145. The van der Waals surface area contributed by atoms with Gasteiger partial charge in [0, 0.05) is 41.1 Å². The number of nitrogens with zero attached hydrogens (tertiary/aromatic N) is 1. The topological polar surface area (TPSA) is 59.1 Å². The van der Waals surface area contributed by atoms with Crippen LogP contribution in [0.2, 0.25) is 5.02 Å². The molecule has 2 rings (SSSR count). The zero-order valence-corrected chi connectivity index (χ0v) is 13.1. The van der Waals surface area contributed by atoms with Gasteiger partial charge >= 0.3 is 0 Å². The summed E-state index contributed by atoms with van der Waals surface area (Å²) in [4.78, 5) is 16.4. The Labute approximate surface area is 131 Å². The van der Waals surface area contributed by atoms with Gasteiger partial charge in [-0.15, -0.1) is 0 Å². The number of hydrogen-bond donors (Lipinski definition) is 1. The minimum absolute atomic E-state index is 0.275. The lowest BCUT2D eigenvalue weighted by molar-refractivity contribution is 0.0956. The molecule has 1 heterocycles. The Balaban J connectivity index is 2.19. The second-order valence-electron chi connectivity index (χ2n) is 4.44. The first-order valence-corrected chi connectivity index (χ1v) is 8.47. The summed E-state index contributed by atoms with van der Waals surface area (Å²) < 4.78 is 11.0. The molecule has 0 bridgehead atoms. The van der Waals surface area contributed by atoms with E-state index < -0.39 is 10.8 Å². The van der Waals surface area contributed by atoms with Crippen molar-refractivity contribution in [2.24, 2.45) is 0 Å². The molecule has 1 aromatic carbocycles. The van der Waals surface area contributed by atoms with Crippen molar-refractivity contribution >= 4 is 28.3 Å². The van der Waals surface area contributed by atoms with E-state index in [0.717, 1.165) is 11.3 Å². The number of carbonyl (C=O) groups is 1. The van der Waals surface area contributed by atoms with E-state index >= 15 is 0 Å². The Morgan fingerprint density at radius 1 is 1.33 bits per heavy atom. The molecule has 110 valence electrons. The van der Waals surface area contributed by atoms with E-state index in [-0.39, 0.29) is 5.91 Å². The second kappa shape index (κ2) is 7.33. The number of amides is 1. The standard InChI is InChI=1S/C15H15ClN2O2S/c1-21(20)9-8-18-15(19)12-10-11(5-6-13(12)16)14-4-2-3-7-17-14/h2-7,10H,8-9H2,1H3,(H,18,19). The number of hydrogen-bond acceptors (Lipinski definition) is 3. The van der Waals surface area contributed by atoms with Gasteiger partial charge in [-0.1, -0.05) is 23.7 Å². The Hall–Kier alpha value is -1.72. The third-order valence-corrected chi connectivity index (χ3v) is 3.96. The van der Waals surface area contributed by atoms with Crippen LogP contribution in [0.4, 0.5) is 0 Å². The maximum atomic E-state index is 12.1. The number of benzene rings is 1. The van der Waals surface area contributed by atoms with E-state index in [2.05, 4.69) is 10.3 Å². The Morgan fingerprint density at radius 2 is 2.14 bits per heavy atom. The SMILES string of the molecule is CS(=O)CCNC(=O)c1cc(-c2ccccn2)ccc1Cl. The van der Waals surface area contributed by atoms with Crippen molar-refractivity contribution in [1.82, 2.24) is 10.3 Å². The van der Waals surface area contributed by atoms with Gasteiger partial charge < -0.3 is 5.32 Å². The van der Waals surface area contributed by atoms with Crippen molar-refractivity contribution in [3.05, 3.63) is 53.2 Å². The first-order valence-electron chi connectivity index (χ1n) is 6.37. The molecule has 1 unspecified atom stereocenters. The van der Waals surface area contributed by atoms with Crippen LogP contribution in [-0.4, -0.2) is 33.7 Å². The number of rotatable bonds is 5. The molecular formula is C15H15ClN2O2S. The van der Waals surface area contributed by atoms with Crippen molar-refractivity contribution in [3.8, 4) is 11.3 Å². The van der Waals surface area contributed by atoms with Gasteiger partial charge in [0.25, 0.3) is 5.91 Å². The van der Waals surface area contributed by atoms with Crippen molar-refractivity contribution < 1.29 is 9.00 Å². The molecule has 0 aliphatic rings. The zero-order valence-electron chi connectivity index (χ0n) is 11.5. The van der Waals surface area contributed by atoms with Gasteiger partial charge in [0.05, 0.1) is 16.3 Å². The summed E-state index contributed by atoms with van der Waals surface area (Å²) in [6.07, 6.45) is 3.29. The molecule has 1 amide bonds. The lowest BCUT2D eigenvalue weighted by atomic mass is 10.1. The maximum Gasteiger partial charge on any atom is 0.252 e. The molecular weight excluding hydrogens is 308 g/mol. The average molecular weight is 323 g/mol. The zero-order chi connectivity index (χ0) is 15.2. The largest absolute Gasteiger partial charge is 0.351 e. The molecule has 1 aromatic heterocycles. The maximum absolute atomic E-state index is 12.1. The highest BCUT2D eigenvalue weighted by Gasteiger charge is 2.12. The lowest BCUT2D eigenvalue weighted by Crippen LogP contribution is -2.27. The van der Waals surface area contributed by atoms with Crippen molar-refractivity contribution in [2.75, 3.05) is 18.6 Å². The van der Waals surface area contributed by atoms with Gasteiger partial charge in [-0.2, -0.15) is 0 Å². The molecule has 6 heteroatoms. The fourth-order valence-corrected chi connectivity index (χ4v) is 2.39. The molecule has 21 heavy (non-hydrogen) atoms. The molecule has 0 spiro atoms. The van der Waals surface area contributed by atoms with Crippen molar-refractivity contribution in [3.63, 3.8) is 0 Å². The van der Waals surface area contributed by atoms with Crippen molar-refractivity contribution in [2.45, 2.75) is 0 Å². The van der Waals surface area contributed by atoms with E-state index in [4.69, 9.17) is 11.6 Å². The molecule has 0 aliphatic carbocycles. The minimum Gasteiger partial charge on any atom is -0.351 e. The molecule has 2 aromatic rings. The number of aromatic nitrogens is 1. The van der Waals surface area contributed by atoms with Crippen LogP contribution >= 0.6 is 11.6 Å². The Morgan fingerprint density at radius 3 is 2.81 bits per heavy atom. The highest BCUT2D eigenvalue weighted by molar-refractivity contribution is 7.84. The molecule has 1 atom stereocenters. The molecule has 0 radical (unpaired) electrons. The van der Waals surface area contributed by atoms with Crippen LogP contribution in [0.1, 0.15) is 10.4 Å². The number of carbonyl (C=O) groups excluding carboxylic acids is 1. The summed E-state index contributed by atoms with van der Waals surface area (Å²) in [6.45, 7) is 0.353. The highest BCUT2D eigenvalue weighted by Crippen LogP contribution is 2.23. The van der Waals surface area contributed by atoms with E-state index in [0.29, 0.717) is 22.9 Å². The van der Waals surface area contributed by atoms with Gasteiger partial charge in [-0.25, -0.2) is 0 Å². The van der Waals surface area contributed by atoms with Crippen LogP contribution in [-0.2, 0) is 10.8 Å². The third kappa shape index (κ3) is 4.37. The smallest absolute Gasteiger partial charge is 0.252 e. The predicted molar refractivity (Wildman–Crippen MR) is 85.9 cm³/mol. The van der Waals surface area contributed by atoms with E-state index in [1.54, 1.807) is 24.6 Å². The number of pyridine rings is 1. The Bertz CT molecular complexity index is 662. The summed E-state index contributed by atoms with van der Waals surface area (Å²) in [6, 6.07) is 10.8. The van der Waals surface area contributed by atoms with Crippen LogP contribution in [0.15, 0.2) is 42.6 Å².